The normalized spacial score (nSPS) is 11.9. The van der Waals surface area contributed by atoms with Crippen molar-refractivity contribution in [2.75, 3.05) is 19.7 Å². The van der Waals surface area contributed by atoms with Crippen LogP contribution in [0.2, 0.25) is 0 Å². The maximum absolute atomic E-state index is 12.1. The van der Waals surface area contributed by atoms with Crippen molar-refractivity contribution in [3.8, 4) is 0 Å². The summed E-state index contributed by atoms with van der Waals surface area (Å²) in [6.45, 7) is 9.07. The van der Waals surface area contributed by atoms with Gasteiger partial charge in [0.2, 0.25) is 5.91 Å². The Bertz CT molecular complexity index is 708. The molecule has 1 aromatic rings. The lowest BCUT2D eigenvalue weighted by molar-refractivity contribution is -0.147. The Morgan fingerprint density at radius 2 is 1.64 bits per heavy atom. The third-order valence-corrected chi connectivity index (χ3v) is 3.89. The molecule has 0 saturated heterocycles. The standard InChI is InChI=1S/C20H29N3O5/c1-6-21-18(26)13(2)23-16(24)12-28-17(25)11-22-19(27)14-7-9-15(10-8-14)20(3,4)5/h7-10,13H,6,11-12H2,1-5H3,(H,21,26)(H,22,27)(H,23,24)/t13-/m0/s1. The molecule has 3 N–H and O–H groups in total. The summed E-state index contributed by atoms with van der Waals surface area (Å²) in [5, 5.41) is 7.43. The van der Waals surface area contributed by atoms with Crippen molar-refractivity contribution in [3.63, 3.8) is 0 Å². The SMILES string of the molecule is CCNC(=O)[C@H](C)NC(=O)COC(=O)CNC(=O)c1ccc(C(C)(C)C)cc1. The van der Waals surface area contributed by atoms with Crippen LogP contribution in [0.3, 0.4) is 0 Å². The number of likely N-dealkylation sites (N-methyl/N-ethyl adjacent to an activating group) is 1. The minimum Gasteiger partial charge on any atom is -0.454 e. The van der Waals surface area contributed by atoms with Gasteiger partial charge >= 0.3 is 5.97 Å². The van der Waals surface area contributed by atoms with Crippen molar-refractivity contribution in [1.29, 1.82) is 0 Å². The molecular formula is C20H29N3O5. The molecule has 0 aromatic heterocycles. The van der Waals surface area contributed by atoms with Crippen molar-refractivity contribution in [2.45, 2.75) is 46.1 Å². The van der Waals surface area contributed by atoms with E-state index in [2.05, 4.69) is 36.7 Å². The molecule has 8 heteroatoms. The van der Waals surface area contributed by atoms with Crippen LogP contribution < -0.4 is 16.0 Å². The Hall–Kier alpha value is -2.90. The largest absolute Gasteiger partial charge is 0.454 e. The Morgan fingerprint density at radius 1 is 1.04 bits per heavy atom. The second-order valence-corrected chi connectivity index (χ2v) is 7.35. The summed E-state index contributed by atoms with van der Waals surface area (Å²) in [6.07, 6.45) is 0. The van der Waals surface area contributed by atoms with Crippen molar-refractivity contribution in [3.05, 3.63) is 35.4 Å². The van der Waals surface area contributed by atoms with E-state index in [1.807, 2.05) is 12.1 Å². The Morgan fingerprint density at radius 3 is 2.18 bits per heavy atom. The number of hydrogen-bond acceptors (Lipinski definition) is 5. The molecule has 0 spiro atoms. The molecule has 0 aliphatic rings. The molecule has 0 unspecified atom stereocenters. The van der Waals surface area contributed by atoms with Gasteiger partial charge in [-0.25, -0.2) is 0 Å². The molecule has 0 heterocycles. The highest BCUT2D eigenvalue weighted by Gasteiger charge is 2.17. The third-order valence-electron chi connectivity index (χ3n) is 3.89. The molecule has 154 valence electrons. The second kappa shape index (κ2) is 10.4. The fourth-order valence-corrected chi connectivity index (χ4v) is 2.25. The van der Waals surface area contributed by atoms with Gasteiger partial charge in [-0.15, -0.1) is 0 Å². The molecule has 28 heavy (non-hydrogen) atoms. The van der Waals surface area contributed by atoms with Crippen LogP contribution in [-0.2, 0) is 24.5 Å². The fourth-order valence-electron chi connectivity index (χ4n) is 2.25. The molecule has 0 fully saturated rings. The molecule has 8 nitrogen and oxygen atoms in total. The summed E-state index contributed by atoms with van der Waals surface area (Å²) >= 11 is 0. The van der Waals surface area contributed by atoms with Crippen LogP contribution in [-0.4, -0.2) is 49.4 Å². The topological polar surface area (TPSA) is 114 Å². The zero-order valence-corrected chi connectivity index (χ0v) is 17.0. The molecule has 3 amide bonds. The van der Waals surface area contributed by atoms with E-state index in [0.29, 0.717) is 12.1 Å². The summed E-state index contributed by atoms with van der Waals surface area (Å²) in [7, 11) is 0. The summed E-state index contributed by atoms with van der Waals surface area (Å²) in [4.78, 5) is 47.0. The average molecular weight is 391 g/mol. The van der Waals surface area contributed by atoms with Crippen LogP contribution in [0.15, 0.2) is 24.3 Å². The molecule has 0 aliphatic carbocycles. The highest BCUT2D eigenvalue weighted by atomic mass is 16.5. The Kier molecular flexibility index (Phi) is 8.63. The lowest BCUT2D eigenvalue weighted by Gasteiger charge is -2.19. The summed E-state index contributed by atoms with van der Waals surface area (Å²) in [5.74, 6) is -2.09. The van der Waals surface area contributed by atoms with Crippen LogP contribution in [0.25, 0.3) is 0 Å². The van der Waals surface area contributed by atoms with Gasteiger partial charge in [0.05, 0.1) is 0 Å². The van der Waals surface area contributed by atoms with Crippen molar-refractivity contribution in [2.24, 2.45) is 0 Å². The minimum atomic E-state index is -0.750. The van der Waals surface area contributed by atoms with Crippen LogP contribution in [0, 0.1) is 0 Å². The maximum atomic E-state index is 12.1. The predicted octanol–water partition coefficient (Wildman–Crippen LogP) is 0.898. The van der Waals surface area contributed by atoms with Gasteiger partial charge in [0, 0.05) is 12.1 Å². The van der Waals surface area contributed by atoms with Gasteiger partial charge in [0.25, 0.3) is 11.8 Å². The van der Waals surface area contributed by atoms with E-state index in [1.54, 1.807) is 19.1 Å². The van der Waals surface area contributed by atoms with E-state index in [-0.39, 0.29) is 17.9 Å². The van der Waals surface area contributed by atoms with Crippen LogP contribution >= 0.6 is 0 Å². The van der Waals surface area contributed by atoms with Gasteiger partial charge in [-0.2, -0.15) is 0 Å². The molecule has 1 aromatic carbocycles. The zero-order chi connectivity index (χ0) is 21.3. The van der Waals surface area contributed by atoms with Gasteiger partial charge in [-0.3, -0.25) is 19.2 Å². The monoisotopic (exact) mass is 391 g/mol. The summed E-state index contributed by atoms with van der Waals surface area (Å²) in [6, 6.07) is 6.39. The number of hydrogen-bond donors (Lipinski definition) is 3. The van der Waals surface area contributed by atoms with Crippen molar-refractivity contribution in [1.82, 2.24) is 16.0 Å². The van der Waals surface area contributed by atoms with E-state index in [4.69, 9.17) is 4.74 Å². The van der Waals surface area contributed by atoms with Gasteiger partial charge < -0.3 is 20.7 Å². The molecule has 0 radical (unpaired) electrons. The molecule has 1 rings (SSSR count). The first-order chi connectivity index (χ1) is 13.0. The lowest BCUT2D eigenvalue weighted by Crippen LogP contribution is -2.46. The van der Waals surface area contributed by atoms with E-state index < -0.39 is 30.4 Å². The number of rotatable bonds is 8. The number of benzene rings is 1. The summed E-state index contributed by atoms with van der Waals surface area (Å²) in [5.41, 5.74) is 1.50. The van der Waals surface area contributed by atoms with Gasteiger partial charge in [-0.1, -0.05) is 32.9 Å². The highest BCUT2D eigenvalue weighted by molar-refractivity contribution is 5.96. The quantitative estimate of drug-likeness (QED) is 0.570. The van der Waals surface area contributed by atoms with E-state index in [9.17, 15) is 19.2 Å². The van der Waals surface area contributed by atoms with Gasteiger partial charge in [0.1, 0.15) is 12.6 Å². The Labute approximate surface area is 165 Å². The number of ether oxygens (including phenoxy) is 1. The Balaban J connectivity index is 2.39. The first-order valence-corrected chi connectivity index (χ1v) is 9.16. The molecule has 0 bridgehead atoms. The van der Waals surface area contributed by atoms with Crippen molar-refractivity contribution >= 4 is 23.7 Å². The van der Waals surface area contributed by atoms with Crippen LogP contribution in [0.1, 0.15) is 50.5 Å². The molecule has 1 atom stereocenters. The molecule has 0 aliphatic heterocycles. The molecular weight excluding hydrogens is 362 g/mol. The summed E-state index contributed by atoms with van der Waals surface area (Å²) < 4.78 is 4.80. The first-order valence-electron chi connectivity index (χ1n) is 9.16. The van der Waals surface area contributed by atoms with Crippen LogP contribution in [0.4, 0.5) is 0 Å². The number of amides is 3. The number of carbonyl (C=O) groups is 4. The van der Waals surface area contributed by atoms with Crippen LogP contribution in [0.5, 0.6) is 0 Å². The predicted molar refractivity (Wildman–Crippen MR) is 105 cm³/mol. The number of nitrogens with one attached hydrogen (secondary N) is 3. The van der Waals surface area contributed by atoms with E-state index >= 15 is 0 Å². The zero-order valence-electron chi connectivity index (χ0n) is 17.0. The smallest absolute Gasteiger partial charge is 0.325 e. The van der Waals surface area contributed by atoms with Crippen molar-refractivity contribution < 1.29 is 23.9 Å². The maximum Gasteiger partial charge on any atom is 0.325 e. The van der Waals surface area contributed by atoms with Gasteiger partial charge in [-0.05, 0) is 37.0 Å². The number of carbonyl (C=O) groups excluding carboxylic acids is 4. The third kappa shape index (κ3) is 7.77. The fraction of sp³-hybridized carbons (Fsp3) is 0.500. The lowest BCUT2D eigenvalue weighted by atomic mass is 9.87. The van der Waals surface area contributed by atoms with Gasteiger partial charge in [0.15, 0.2) is 6.61 Å². The second-order valence-electron chi connectivity index (χ2n) is 7.35. The van der Waals surface area contributed by atoms with E-state index in [1.165, 1.54) is 6.92 Å². The number of esters is 1. The highest BCUT2D eigenvalue weighted by Crippen LogP contribution is 2.22. The molecule has 0 saturated carbocycles. The van der Waals surface area contributed by atoms with E-state index in [0.717, 1.165) is 5.56 Å². The average Bonchev–Trinajstić information content (AvgIpc) is 2.64. The first kappa shape index (κ1) is 23.1. The minimum absolute atomic E-state index is 0.0197.